The largest absolute Gasteiger partial charge is 0.271 e. The molecule has 0 aliphatic rings. The second-order valence-electron chi connectivity index (χ2n) is 4.20. The highest BCUT2D eigenvalue weighted by atomic mass is 35.5. The van der Waals surface area contributed by atoms with Gasteiger partial charge in [-0.15, -0.1) is 11.6 Å². The zero-order valence-corrected chi connectivity index (χ0v) is 11.8. The maximum atomic E-state index is 6.30. The number of aromatic nitrogens is 2. The van der Waals surface area contributed by atoms with Crippen LogP contribution in [0.3, 0.4) is 0 Å². The van der Waals surface area contributed by atoms with Gasteiger partial charge in [-0.25, -0.2) is 0 Å². The van der Waals surface area contributed by atoms with Gasteiger partial charge in [-0.2, -0.15) is 5.10 Å². The van der Waals surface area contributed by atoms with E-state index >= 15 is 0 Å². The van der Waals surface area contributed by atoms with Crippen molar-refractivity contribution in [1.29, 1.82) is 0 Å². The van der Waals surface area contributed by atoms with Crippen LogP contribution < -0.4 is 0 Å². The molecule has 4 heteroatoms. The van der Waals surface area contributed by atoms with Crippen LogP contribution in [0.15, 0.2) is 0 Å². The molecule has 0 amide bonds. The lowest BCUT2D eigenvalue weighted by Gasteiger charge is -2.12. The zero-order valence-electron chi connectivity index (χ0n) is 10.3. The molecule has 0 aromatic carbocycles. The van der Waals surface area contributed by atoms with Gasteiger partial charge in [0.1, 0.15) is 0 Å². The standard InChI is InChI=1S/C12H20Cl2N2/c1-4-6-9(8-13)7-11-12(14)10(5-2)15-16(11)3/h9H,4-8H2,1-3H3. The lowest BCUT2D eigenvalue weighted by molar-refractivity contribution is 0.507. The Morgan fingerprint density at radius 3 is 2.50 bits per heavy atom. The summed E-state index contributed by atoms with van der Waals surface area (Å²) in [4.78, 5) is 0. The van der Waals surface area contributed by atoms with Crippen molar-refractivity contribution in [2.45, 2.75) is 39.5 Å². The Bertz CT molecular complexity index is 334. The second kappa shape index (κ2) is 6.51. The van der Waals surface area contributed by atoms with Crippen LogP contribution in [-0.2, 0) is 19.9 Å². The van der Waals surface area contributed by atoms with Crippen molar-refractivity contribution in [3.63, 3.8) is 0 Å². The van der Waals surface area contributed by atoms with E-state index in [-0.39, 0.29) is 0 Å². The summed E-state index contributed by atoms with van der Waals surface area (Å²) in [5, 5.41) is 5.25. The van der Waals surface area contributed by atoms with Crippen molar-refractivity contribution in [3.8, 4) is 0 Å². The van der Waals surface area contributed by atoms with E-state index in [2.05, 4.69) is 18.9 Å². The van der Waals surface area contributed by atoms with Gasteiger partial charge in [-0.3, -0.25) is 4.68 Å². The van der Waals surface area contributed by atoms with Gasteiger partial charge in [0, 0.05) is 12.9 Å². The summed E-state index contributed by atoms with van der Waals surface area (Å²) in [7, 11) is 1.96. The van der Waals surface area contributed by atoms with Gasteiger partial charge in [0.25, 0.3) is 0 Å². The van der Waals surface area contributed by atoms with Crippen molar-refractivity contribution >= 4 is 23.2 Å². The third-order valence-electron chi connectivity index (χ3n) is 2.90. The molecular weight excluding hydrogens is 243 g/mol. The molecule has 2 nitrogen and oxygen atoms in total. The minimum atomic E-state index is 0.504. The maximum absolute atomic E-state index is 6.30. The highest BCUT2D eigenvalue weighted by molar-refractivity contribution is 6.31. The molecule has 92 valence electrons. The van der Waals surface area contributed by atoms with Gasteiger partial charge in [-0.05, 0) is 25.2 Å². The Morgan fingerprint density at radius 1 is 1.38 bits per heavy atom. The molecule has 0 aliphatic heterocycles. The number of rotatable bonds is 6. The van der Waals surface area contributed by atoms with Crippen LogP contribution in [-0.4, -0.2) is 15.7 Å². The van der Waals surface area contributed by atoms with E-state index in [1.807, 2.05) is 11.7 Å². The molecule has 1 atom stereocenters. The van der Waals surface area contributed by atoms with Crippen LogP contribution in [0.1, 0.15) is 38.1 Å². The van der Waals surface area contributed by atoms with E-state index in [4.69, 9.17) is 23.2 Å². The van der Waals surface area contributed by atoms with Crippen LogP contribution in [0.2, 0.25) is 5.02 Å². The fourth-order valence-corrected chi connectivity index (χ4v) is 2.59. The van der Waals surface area contributed by atoms with Crippen LogP contribution in [0.4, 0.5) is 0 Å². The molecule has 0 spiro atoms. The summed E-state index contributed by atoms with van der Waals surface area (Å²) < 4.78 is 1.90. The molecule has 16 heavy (non-hydrogen) atoms. The average molecular weight is 263 g/mol. The topological polar surface area (TPSA) is 17.8 Å². The quantitative estimate of drug-likeness (QED) is 0.713. The van der Waals surface area contributed by atoms with E-state index in [0.717, 1.165) is 42.1 Å². The van der Waals surface area contributed by atoms with Crippen molar-refractivity contribution in [1.82, 2.24) is 9.78 Å². The van der Waals surface area contributed by atoms with E-state index < -0.39 is 0 Å². The summed E-state index contributed by atoms with van der Waals surface area (Å²) in [5.74, 6) is 1.20. The number of aryl methyl sites for hydroxylation is 2. The predicted molar refractivity (Wildman–Crippen MR) is 70.4 cm³/mol. The predicted octanol–water partition coefficient (Wildman–Crippen LogP) is 3.83. The van der Waals surface area contributed by atoms with Crippen molar-refractivity contribution in [3.05, 3.63) is 16.4 Å². The van der Waals surface area contributed by atoms with Crippen LogP contribution in [0.5, 0.6) is 0 Å². The number of hydrogen-bond donors (Lipinski definition) is 0. The summed E-state index contributed by atoms with van der Waals surface area (Å²) in [6, 6.07) is 0. The van der Waals surface area contributed by atoms with E-state index in [1.165, 1.54) is 0 Å². The Morgan fingerprint density at radius 2 is 2.06 bits per heavy atom. The Hall–Kier alpha value is -0.210. The maximum Gasteiger partial charge on any atom is 0.0849 e. The first-order chi connectivity index (χ1) is 7.63. The summed E-state index contributed by atoms with van der Waals surface area (Å²) in [5.41, 5.74) is 2.11. The Balaban J connectivity index is 2.82. The third-order valence-corrected chi connectivity index (χ3v) is 3.77. The number of hydrogen-bond acceptors (Lipinski definition) is 1. The Labute approximate surface area is 108 Å². The molecule has 1 aromatic rings. The van der Waals surface area contributed by atoms with E-state index in [0.29, 0.717) is 11.8 Å². The molecule has 0 bridgehead atoms. The molecule has 1 unspecified atom stereocenters. The summed E-state index contributed by atoms with van der Waals surface area (Å²) in [6.07, 6.45) is 4.12. The first-order valence-electron chi connectivity index (χ1n) is 5.90. The monoisotopic (exact) mass is 262 g/mol. The summed E-state index contributed by atoms with van der Waals surface area (Å²) in [6.45, 7) is 4.25. The zero-order chi connectivity index (χ0) is 12.1. The molecule has 0 radical (unpaired) electrons. The van der Waals surface area contributed by atoms with Crippen molar-refractivity contribution in [2.75, 3.05) is 5.88 Å². The van der Waals surface area contributed by atoms with Gasteiger partial charge in [0.05, 0.1) is 16.4 Å². The van der Waals surface area contributed by atoms with Crippen LogP contribution >= 0.6 is 23.2 Å². The van der Waals surface area contributed by atoms with Crippen molar-refractivity contribution < 1.29 is 0 Å². The first kappa shape index (κ1) is 13.9. The summed E-state index contributed by atoms with van der Waals surface area (Å²) >= 11 is 12.3. The third kappa shape index (κ3) is 3.14. The number of halogens is 2. The highest BCUT2D eigenvalue weighted by Gasteiger charge is 2.16. The van der Waals surface area contributed by atoms with E-state index in [1.54, 1.807) is 0 Å². The molecular formula is C12H20Cl2N2. The van der Waals surface area contributed by atoms with E-state index in [9.17, 15) is 0 Å². The number of alkyl halides is 1. The molecule has 0 saturated carbocycles. The van der Waals surface area contributed by atoms with Gasteiger partial charge >= 0.3 is 0 Å². The van der Waals surface area contributed by atoms with Crippen LogP contribution in [0, 0.1) is 5.92 Å². The fourth-order valence-electron chi connectivity index (χ4n) is 1.96. The highest BCUT2D eigenvalue weighted by Crippen LogP contribution is 2.25. The van der Waals surface area contributed by atoms with Gasteiger partial charge < -0.3 is 0 Å². The molecule has 1 heterocycles. The SMILES string of the molecule is CCCC(CCl)Cc1c(Cl)c(CC)nn1C. The van der Waals surface area contributed by atoms with Gasteiger partial charge in [0.2, 0.25) is 0 Å². The average Bonchev–Trinajstić information content (AvgIpc) is 2.55. The minimum absolute atomic E-state index is 0.504. The van der Waals surface area contributed by atoms with Crippen LogP contribution in [0.25, 0.3) is 0 Å². The smallest absolute Gasteiger partial charge is 0.0849 e. The molecule has 0 aliphatic carbocycles. The lowest BCUT2D eigenvalue weighted by Crippen LogP contribution is -2.10. The molecule has 0 saturated heterocycles. The van der Waals surface area contributed by atoms with Crippen molar-refractivity contribution in [2.24, 2.45) is 13.0 Å². The first-order valence-corrected chi connectivity index (χ1v) is 6.81. The molecule has 0 fully saturated rings. The normalized spacial score (nSPS) is 13.1. The second-order valence-corrected chi connectivity index (χ2v) is 4.88. The number of nitrogens with zero attached hydrogens (tertiary/aromatic N) is 2. The molecule has 1 rings (SSSR count). The molecule has 0 N–H and O–H groups in total. The lowest BCUT2D eigenvalue weighted by atomic mass is 10.00. The minimum Gasteiger partial charge on any atom is -0.271 e. The van der Waals surface area contributed by atoms with Gasteiger partial charge in [-0.1, -0.05) is 31.9 Å². The van der Waals surface area contributed by atoms with Gasteiger partial charge in [0.15, 0.2) is 0 Å². The molecule has 1 aromatic heterocycles. The fraction of sp³-hybridized carbons (Fsp3) is 0.750. The Kier molecular flexibility index (Phi) is 5.63.